The van der Waals surface area contributed by atoms with Crippen LogP contribution in [0.3, 0.4) is 0 Å². The van der Waals surface area contributed by atoms with Crippen LogP contribution >= 0.6 is 0 Å². The Balaban J connectivity index is 2.61. The van der Waals surface area contributed by atoms with Crippen LogP contribution in [0, 0.1) is 6.92 Å². The molecule has 0 spiro atoms. The van der Waals surface area contributed by atoms with E-state index in [1.165, 1.54) is 0 Å². The van der Waals surface area contributed by atoms with Crippen LogP contribution in [-0.2, 0) is 9.59 Å². The highest BCUT2D eigenvalue weighted by Gasteiger charge is 2.14. The SMILES string of the molecule is Cc1ccnc(NC(=O)C(=O)NC(C)C)c1. The molecule has 5 heteroatoms. The molecular formula is C11H15N3O2. The van der Waals surface area contributed by atoms with Crippen LogP contribution in [0.1, 0.15) is 19.4 Å². The van der Waals surface area contributed by atoms with Crippen LogP contribution in [0.15, 0.2) is 18.3 Å². The van der Waals surface area contributed by atoms with Gasteiger partial charge in [-0.2, -0.15) is 0 Å². The van der Waals surface area contributed by atoms with Gasteiger partial charge < -0.3 is 10.6 Å². The van der Waals surface area contributed by atoms with Gasteiger partial charge in [0.25, 0.3) is 0 Å². The smallest absolute Gasteiger partial charge is 0.314 e. The number of carbonyl (C=O) groups excluding carboxylic acids is 2. The van der Waals surface area contributed by atoms with Gasteiger partial charge in [0.15, 0.2) is 0 Å². The van der Waals surface area contributed by atoms with E-state index in [0.717, 1.165) is 5.56 Å². The van der Waals surface area contributed by atoms with Gasteiger partial charge in [0.1, 0.15) is 5.82 Å². The number of hydrogen-bond donors (Lipinski definition) is 2. The first-order chi connectivity index (χ1) is 7.49. The summed E-state index contributed by atoms with van der Waals surface area (Å²) in [6.07, 6.45) is 1.57. The maximum Gasteiger partial charge on any atom is 0.314 e. The number of nitrogens with zero attached hydrogens (tertiary/aromatic N) is 1. The summed E-state index contributed by atoms with van der Waals surface area (Å²) in [5.74, 6) is -0.978. The normalized spacial score (nSPS) is 10.0. The zero-order chi connectivity index (χ0) is 12.1. The highest BCUT2D eigenvalue weighted by Crippen LogP contribution is 2.04. The Hall–Kier alpha value is -1.91. The topological polar surface area (TPSA) is 71.1 Å². The van der Waals surface area contributed by atoms with Crippen molar-refractivity contribution >= 4 is 17.6 Å². The molecule has 86 valence electrons. The van der Waals surface area contributed by atoms with Gasteiger partial charge in [-0.05, 0) is 38.5 Å². The van der Waals surface area contributed by atoms with Crippen LogP contribution in [0.2, 0.25) is 0 Å². The lowest BCUT2D eigenvalue weighted by atomic mass is 10.3. The van der Waals surface area contributed by atoms with Crippen molar-refractivity contribution in [3.63, 3.8) is 0 Å². The minimum atomic E-state index is -0.702. The number of aryl methyl sites for hydroxylation is 1. The van der Waals surface area contributed by atoms with Crippen molar-refractivity contribution in [1.29, 1.82) is 0 Å². The highest BCUT2D eigenvalue weighted by atomic mass is 16.2. The van der Waals surface area contributed by atoms with Crippen molar-refractivity contribution in [2.75, 3.05) is 5.32 Å². The molecule has 0 aliphatic carbocycles. The van der Waals surface area contributed by atoms with Crippen LogP contribution in [0.5, 0.6) is 0 Å². The molecule has 0 unspecified atom stereocenters. The van der Waals surface area contributed by atoms with Crippen LogP contribution in [-0.4, -0.2) is 22.8 Å². The maximum absolute atomic E-state index is 11.4. The largest absolute Gasteiger partial charge is 0.346 e. The highest BCUT2D eigenvalue weighted by molar-refractivity contribution is 6.39. The zero-order valence-corrected chi connectivity index (χ0v) is 9.57. The second-order valence-electron chi connectivity index (χ2n) is 3.80. The lowest BCUT2D eigenvalue weighted by Gasteiger charge is -2.08. The predicted octanol–water partition coefficient (Wildman–Crippen LogP) is 0.853. The van der Waals surface area contributed by atoms with Gasteiger partial charge in [0.05, 0.1) is 0 Å². The van der Waals surface area contributed by atoms with Crippen LogP contribution < -0.4 is 10.6 Å². The molecule has 2 N–H and O–H groups in total. The van der Waals surface area contributed by atoms with Gasteiger partial charge >= 0.3 is 11.8 Å². The molecule has 1 aromatic heterocycles. The number of amides is 2. The fourth-order valence-electron chi connectivity index (χ4n) is 1.11. The molecule has 0 radical (unpaired) electrons. The quantitative estimate of drug-likeness (QED) is 0.727. The van der Waals surface area contributed by atoms with E-state index < -0.39 is 11.8 Å². The number of carbonyl (C=O) groups is 2. The third kappa shape index (κ3) is 3.68. The van der Waals surface area contributed by atoms with Crippen molar-refractivity contribution in [2.45, 2.75) is 26.8 Å². The molecule has 0 aliphatic heterocycles. The van der Waals surface area contributed by atoms with Gasteiger partial charge in [0, 0.05) is 12.2 Å². The average molecular weight is 221 g/mol. The molecule has 0 saturated heterocycles. The molecule has 1 aromatic rings. The van der Waals surface area contributed by atoms with Gasteiger partial charge in [-0.15, -0.1) is 0 Å². The summed E-state index contributed by atoms with van der Waals surface area (Å²) in [4.78, 5) is 26.6. The second-order valence-corrected chi connectivity index (χ2v) is 3.80. The molecule has 1 heterocycles. The lowest BCUT2D eigenvalue weighted by Crippen LogP contribution is -2.39. The second kappa shape index (κ2) is 5.25. The minimum Gasteiger partial charge on any atom is -0.346 e. The van der Waals surface area contributed by atoms with Crippen molar-refractivity contribution < 1.29 is 9.59 Å². The van der Waals surface area contributed by atoms with Gasteiger partial charge in [-0.25, -0.2) is 4.98 Å². The van der Waals surface area contributed by atoms with Crippen LogP contribution in [0.25, 0.3) is 0 Å². The molecule has 0 atom stereocenters. The third-order valence-corrected chi connectivity index (χ3v) is 1.78. The number of nitrogens with one attached hydrogen (secondary N) is 2. The Morgan fingerprint density at radius 1 is 1.31 bits per heavy atom. The predicted molar refractivity (Wildman–Crippen MR) is 60.9 cm³/mol. The fourth-order valence-corrected chi connectivity index (χ4v) is 1.11. The van der Waals surface area contributed by atoms with E-state index in [4.69, 9.17) is 0 Å². The van der Waals surface area contributed by atoms with Crippen LogP contribution in [0.4, 0.5) is 5.82 Å². The molecule has 0 bridgehead atoms. The monoisotopic (exact) mass is 221 g/mol. The van der Waals surface area contributed by atoms with E-state index in [1.54, 1.807) is 26.1 Å². The summed E-state index contributed by atoms with van der Waals surface area (Å²) in [5.41, 5.74) is 0.967. The van der Waals surface area contributed by atoms with Gasteiger partial charge in [-0.1, -0.05) is 0 Å². The molecular weight excluding hydrogens is 206 g/mol. The molecule has 16 heavy (non-hydrogen) atoms. The van der Waals surface area contributed by atoms with E-state index in [0.29, 0.717) is 5.82 Å². The molecule has 0 aromatic carbocycles. The number of anilines is 1. The Morgan fingerprint density at radius 3 is 2.56 bits per heavy atom. The summed E-state index contributed by atoms with van der Waals surface area (Å²) in [5, 5.41) is 4.92. The summed E-state index contributed by atoms with van der Waals surface area (Å²) in [7, 11) is 0. The maximum atomic E-state index is 11.4. The Morgan fingerprint density at radius 2 is 2.00 bits per heavy atom. The first-order valence-electron chi connectivity index (χ1n) is 5.03. The van der Waals surface area contributed by atoms with Crippen molar-refractivity contribution in [1.82, 2.24) is 10.3 Å². The number of aromatic nitrogens is 1. The van der Waals surface area contributed by atoms with E-state index >= 15 is 0 Å². The summed E-state index contributed by atoms with van der Waals surface area (Å²) in [6.45, 7) is 5.46. The summed E-state index contributed by atoms with van der Waals surface area (Å²) < 4.78 is 0. The summed E-state index contributed by atoms with van der Waals surface area (Å²) >= 11 is 0. The number of pyridine rings is 1. The third-order valence-electron chi connectivity index (χ3n) is 1.78. The first-order valence-corrected chi connectivity index (χ1v) is 5.03. The molecule has 0 fully saturated rings. The molecule has 5 nitrogen and oxygen atoms in total. The summed E-state index contributed by atoms with van der Waals surface area (Å²) in [6, 6.07) is 3.44. The Bertz CT molecular complexity index is 402. The number of rotatable bonds is 2. The number of hydrogen-bond acceptors (Lipinski definition) is 3. The lowest BCUT2D eigenvalue weighted by molar-refractivity contribution is -0.136. The van der Waals surface area contributed by atoms with Gasteiger partial charge in [0.2, 0.25) is 0 Å². The molecule has 1 rings (SSSR count). The van der Waals surface area contributed by atoms with Gasteiger partial charge in [-0.3, -0.25) is 9.59 Å². The average Bonchev–Trinajstić information content (AvgIpc) is 2.16. The van der Waals surface area contributed by atoms with E-state index in [2.05, 4.69) is 15.6 Å². The Kier molecular flexibility index (Phi) is 3.99. The van der Waals surface area contributed by atoms with Crippen molar-refractivity contribution in [3.05, 3.63) is 23.9 Å². The van der Waals surface area contributed by atoms with Crippen molar-refractivity contribution in [2.24, 2.45) is 0 Å². The molecule has 2 amide bonds. The molecule has 0 saturated carbocycles. The minimum absolute atomic E-state index is 0.0660. The standard InChI is InChI=1S/C11H15N3O2/c1-7(2)13-10(15)11(16)14-9-6-8(3)4-5-12-9/h4-7H,1-3H3,(H,13,15)(H,12,14,16). The van der Waals surface area contributed by atoms with E-state index in [-0.39, 0.29) is 6.04 Å². The fraction of sp³-hybridized carbons (Fsp3) is 0.364. The zero-order valence-electron chi connectivity index (χ0n) is 9.57. The first kappa shape index (κ1) is 12.2. The van der Waals surface area contributed by atoms with Crippen molar-refractivity contribution in [3.8, 4) is 0 Å². The Labute approximate surface area is 94.3 Å². The molecule has 0 aliphatic rings. The van der Waals surface area contributed by atoms with E-state index in [1.807, 2.05) is 13.0 Å². The van der Waals surface area contributed by atoms with E-state index in [9.17, 15) is 9.59 Å².